The lowest BCUT2D eigenvalue weighted by Crippen LogP contribution is -2.44. The topological polar surface area (TPSA) is 49.8 Å². The van der Waals surface area contributed by atoms with Crippen molar-refractivity contribution < 1.29 is 14.6 Å². The summed E-state index contributed by atoms with van der Waals surface area (Å²) in [6.07, 6.45) is 2.21. The molecule has 0 radical (unpaired) electrons. The second-order valence-corrected chi connectivity index (χ2v) is 5.86. The molecule has 1 aliphatic heterocycles. The standard InChI is InChI=1S/C12H21NO3/c1-12(2,3)16-11(15)13-7-6-8-4-5-9(14)10(8)13/h8-10,14H,4-7H2,1-3H3/t8?,9-,10?/m1/s1. The van der Waals surface area contributed by atoms with E-state index in [1.54, 1.807) is 4.90 Å². The van der Waals surface area contributed by atoms with Crippen LogP contribution in [0.1, 0.15) is 40.0 Å². The maximum atomic E-state index is 11.9. The largest absolute Gasteiger partial charge is 0.444 e. The van der Waals surface area contributed by atoms with E-state index < -0.39 is 5.60 Å². The number of carbonyl (C=O) groups excluding carboxylic acids is 1. The van der Waals surface area contributed by atoms with Crippen LogP contribution in [0.15, 0.2) is 0 Å². The van der Waals surface area contributed by atoms with Gasteiger partial charge in [0, 0.05) is 6.54 Å². The Morgan fingerprint density at radius 1 is 1.31 bits per heavy atom. The number of aliphatic hydroxyl groups excluding tert-OH is 1. The van der Waals surface area contributed by atoms with E-state index in [0.29, 0.717) is 5.92 Å². The van der Waals surface area contributed by atoms with E-state index in [4.69, 9.17) is 4.74 Å². The van der Waals surface area contributed by atoms with Crippen LogP contribution in [-0.2, 0) is 4.74 Å². The Hall–Kier alpha value is -0.770. The van der Waals surface area contributed by atoms with Crippen LogP contribution < -0.4 is 0 Å². The first-order chi connectivity index (χ1) is 7.38. The number of amides is 1. The van der Waals surface area contributed by atoms with Gasteiger partial charge in [-0.25, -0.2) is 4.79 Å². The van der Waals surface area contributed by atoms with Crippen LogP contribution >= 0.6 is 0 Å². The predicted octanol–water partition coefficient (Wildman–Crippen LogP) is 1.77. The number of nitrogens with zero attached hydrogens (tertiary/aromatic N) is 1. The molecule has 1 N–H and O–H groups in total. The van der Waals surface area contributed by atoms with Crippen molar-refractivity contribution in [2.75, 3.05) is 6.54 Å². The van der Waals surface area contributed by atoms with Crippen molar-refractivity contribution in [1.29, 1.82) is 0 Å². The summed E-state index contributed by atoms with van der Waals surface area (Å²) in [5, 5.41) is 9.87. The van der Waals surface area contributed by atoms with Crippen LogP contribution in [0.25, 0.3) is 0 Å². The molecule has 0 aromatic carbocycles. The molecule has 2 unspecified atom stereocenters. The normalized spacial score (nSPS) is 34.0. The molecule has 0 aromatic rings. The summed E-state index contributed by atoms with van der Waals surface area (Å²) in [6.45, 7) is 6.32. The first-order valence-corrected chi connectivity index (χ1v) is 6.06. The Labute approximate surface area is 96.6 Å². The van der Waals surface area contributed by atoms with Gasteiger partial charge in [-0.3, -0.25) is 0 Å². The number of fused-ring (bicyclic) bond motifs is 1. The summed E-state index contributed by atoms with van der Waals surface area (Å²) in [5.41, 5.74) is -0.460. The average Bonchev–Trinajstić information content (AvgIpc) is 2.66. The van der Waals surface area contributed by atoms with E-state index >= 15 is 0 Å². The van der Waals surface area contributed by atoms with Gasteiger partial charge in [-0.1, -0.05) is 0 Å². The summed E-state index contributed by atoms with van der Waals surface area (Å²) >= 11 is 0. The molecule has 2 fully saturated rings. The van der Waals surface area contributed by atoms with Gasteiger partial charge in [0.05, 0.1) is 12.1 Å². The van der Waals surface area contributed by atoms with Crippen molar-refractivity contribution in [2.24, 2.45) is 5.92 Å². The minimum absolute atomic E-state index is 0.00477. The summed E-state index contributed by atoms with van der Waals surface area (Å²) in [4.78, 5) is 13.7. The smallest absolute Gasteiger partial charge is 0.410 e. The number of ether oxygens (including phenoxy) is 1. The summed E-state index contributed by atoms with van der Waals surface area (Å²) < 4.78 is 5.35. The molecule has 4 nitrogen and oxygen atoms in total. The Bertz CT molecular complexity index is 284. The SMILES string of the molecule is CC(C)(C)OC(=O)N1CCC2CC[C@@H](O)C21. The number of hydrogen-bond donors (Lipinski definition) is 1. The fourth-order valence-corrected chi connectivity index (χ4v) is 2.81. The first-order valence-electron chi connectivity index (χ1n) is 6.06. The zero-order valence-electron chi connectivity index (χ0n) is 10.3. The third-order valence-corrected chi connectivity index (χ3v) is 3.44. The molecule has 92 valence electrons. The predicted molar refractivity (Wildman–Crippen MR) is 60.1 cm³/mol. The lowest BCUT2D eigenvalue weighted by atomic mass is 10.0. The lowest BCUT2D eigenvalue weighted by Gasteiger charge is -2.29. The van der Waals surface area contributed by atoms with Crippen LogP contribution in [0.5, 0.6) is 0 Å². The summed E-state index contributed by atoms with van der Waals surface area (Å²) in [7, 11) is 0. The van der Waals surface area contributed by atoms with E-state index in [2.05, 4.69) is 0 Å². The Morgan fingerprint density at radius 2 is 2.00 bits per heavy atom. The van der Waals surface area contributed by atoms with Crippen molar-refractivity contribution in [3.8, 4) is 0 Å². The van der Waals surface area contributed by atoms with Crippen LogP contribution in [-0.4, -0.2) is 40.4 Å². The van der Waals surface area contributed by atoms with Gasteiger partial charge in [0.25, 0.3) is 0 Å². The Balaban J connectivity index is 2.02. The minimum Gasteiger partial charge on any atom is -0.444 e. The molecule has 1 amide bonds. The fourth-order valence-electron chi connectivity index (χ4n) is 2.81. The highest BCUT2D eigenvalue weighted by Gasteiger charge is 2.46. The van der Waals surface area contributed by atoms with E-state index in [-0.39, 0.29) is 18.2 Å². The molecule has 1 saturated heterocycles. The molecule has 16 heavy (non-hydrogen) atoms. The van der Waals surface area contributed by atoms with Crippen molar-refractivity contribution >= 4 is 6.09 Å². The molecule has 2 rings (SSSR count). The van der Waals surface area contributed by atoms with E-state index in [1.165, 1.54) is 0 Å². The van der Waals surface area contributed by atoms with Crippen molar-refractivity contribution in [1.82, 2.24) is 4.90 Å². The molecule has 4 heteroatoms. The van der Waals surface area contributed by atoms with Gasteiger partial charge in [-0.2, -0.15) is 0 Å². The highest BCUT2D eigenvalue weighted by molar-refractivity contribution is 5.69. The van der Waals surface area contributed by atoms with Gasteiger partial charge >= 0.3 is 6.09 Å². The number of likely N-dealkylation sites (tertiary alicyclic amines) is 1. The van der Waals surface area contributed by atoms with Crippen LogP contribution in [0.4, 0.5) is 4.79 Å². The molecular weight excluding hydrogens is 206 g/mol. The Kier molecular flexibility index (Phi) is 2.86. The van der Waals surface area contributed by atoms with Crippen LogP contribution in [0.2, 0.25) is 0 Å². The number of hydrogen-bond acceptors (Lipinski definition) is 3. The van der Waals surface area contributed by atoms with Gasteiger partial charge in [-0.05, 0) is 46.0 Å². The summed E-state index contributed by atoms with van der Waals surface area (Å²) in [6, 6.07) is -0.00477. The third kappa shape index (κ3) is 2.17. The first kappa shape index (κ1) is 11.7. The lowest BCUT2D eigenvalue weighted by molar-refractivity contribution is 0.00753. The van der Waals surface area contributed by atoms with Gasteiger partial charge in [0.1, 0.15) is 5.60 Å². The second-order valence-electron chi connectivity index (χ2n) is 5.86. The molecule has 1 saturated carbocycles. The van der Waals surface area contributed by atoms with Crippen LogP contribution in [0, 0.1) is 5.92 Å². The van der Waals surface area contributed by atoms with Crippen LogP contribution in [0.3, 0.4) is 0 Å². The number of aliphatic hydroxyl groups is 1. The monoisotopic (exact) mass is 227 g/mol. The van der Waals surface area contributed by atoms with Gasteiger partial charge < -0.3 is 14.7 Å². The molecule has 0 spiro atoms. The maximum Gasteiger partial charge on any atom is 0.410 e. The van der Waals surface area contributed by atoms with Crippen molar-refractivity contribution in [3.05, 3.63) is 0 Å². The second kappa shape index (κ2) is 3.91. The molecular formula is C12H21NO3. The molecule has 1 heterocycles. The van der Waals surface area contributed by atoms with E-state index in [0.717, 1.165) is 25.8 Å². The zero-order valence-corrected chi connectivity index (χ0v) is 10.3. The van der Waals surface area contributed by atoms with Gasteiger partial charge in [-0.15, -0.1) is 0 Å². The molecule has 3 atom stereocenters. The van der Waals surface area contributed by atoms with Gasteiger partial charge in [0.2, 0.25) is 0 Å². The maximum absolute atomic E-state index is 11.9. The number of rotatable bonds is 0. The van der Waals surface area contributed by atoms with E-state index in [9.17, 15) is 9.90 Å². The molecule has 1 aliphatic carbocycles. The number of carbonyl (C=O) groups is 1. The highest BCUT2D eigenvalue weighted by Crippen LogP contribution is 2.38. The average molecular weight is 227 g/mol. The third-order valence-electron chi connectivity index (χ3n) is 3.44. The molecule has 2 aliphatic rings. The molecule has 0 bridgehead atoms. The van der Waals surface area contributed by atoms with Crippen molar-refractivity contribution in [3.63, 3.8) is 0 Å². The highest BCUT2D eigenvalue weighted by atomic mass is 16.6. The minimum atomic E-state index is -0.460. The van der Waals surface area contributed by atoms with Crippen molar-refractivity contribution in [2.45, 2.75) is 57.8 Å². The Morgan fingerprint density at radius 3 is 2.62 bits per heavy atom. The quantitative estimate of drug-likeness (QED) is 0.686. The van der Waals surface area contributed by atoms with E-state index in [1.807, 2.05) is 20.8 Å². The zero-order chi connectivity index (χ0) is 11.9. The molecule has 0 aromatic heterocycles. The van der Waals surface area contributed by atoms with Gasteiger partial charge in [0.15, 0.2) is 0 Å². The fraction of sp³-hybridized carbons (Fsp3) is 0.917. The summed E-state index contributed by atoms with van der Waals surface area (Å²) in [5.74, 6) is 0.475.